The lowest BCUT2D eigenvalue weighted by molar-refractivity contribution is -0.116. The summed E-state index contributed by atoms with van der Waals surface area (Å²) in [5, 5.41) is 11.8. The fraction of sp³-hybridized carbons (Fsp3) is 0.222. The molecular formula is C18H19NO3. The van der Waals surface area contributed by atoms with Crippen molar-refractivity contribution in [2.75, 3.05) is 5.32 Å². The Morgan fingerprint density at radius 1 is 1.05 bits per heavy atom. The van der Waals surface area contributed by atoms with E-state index in [9.17, 15) is 9.59 Å². The Morgan fingerprint density at radius 2 is 1.77 bits per heavy atom. The Kier molecular flexibility index (Phi) is 4.94. The SMILES string of the molecule is Cc1ccc(CCC(=O)Nc2ccccc2C(=O)O)cc1C. The van der Waals surface area contributed by atoms with Gasteiger partial charge in [-0.1, -0.05) is 30.3 Å². The van der Waals surface area contributed by atoms with Gasteiger partial charge in [-0.25, -0.2) is 4.79 Å². The molecule has 4 nitrogen and oxygen atoms in total. The number of hydrogen-bond donors (Lipinski definition) is 2. The maximum Gasteiger partial charge on any atom is 0.337 e. The highest BCUT2D eigenvalue weighted by molar-refractivity contribution is 6.00. The second kappa shape index (κ2) is 6.89. The summed E-state index contributed by atoms with van der Waals surface area (Å²) in [6, 6.07) is 12.5. The topological polar surface area (TPSA) is 66.4 Å². The van der Waals surface area contributed by atoms with Gasteiger partial charge in [0, 0.05) is 6.42 Å². The molecule has 0 atom stereocenters. The van der Waals surface area contributed by atoms with E-state index in [0.717, 1.165) is 5.56 Å². The first-order valence-corrected chi connectivity index (χ1v) is 7.15. The fourth-order valence-corrected chi connectivity index (χ4v) is 2.21. The van der Waals surface area contributed by atoms with Gasteiger partial charge < -0.3 is 10.4 Å². The van der Waals surface area contributed by atoms with E-state index in [1.165, 1.54) is 17.2 Å². The average molecular weight is 297 g/mol. The Hall–Kier alpha value is -2.62. The number of anilines is 1. The molecule has 114 valence electrons. The van der Waals surface area contributed by atoms with Crippen LogP contribution in [0.15, 0.2) is 42.5 Å². The molecule has 2 N–H and O–H groups in total. The number of carboxylic acids is 1. The molecule has 0 aliphatic rings. The van der Waals surface area contributed by atoms with Crippen molar-refractivity contribution < 1.29 is 14.7 Å². The summed E-state index contributed by atoms with van der Waals surface area (Å²) in [6.07, 6.45) is 0.943. The van der Waals surface area contributed by atoms with Gasteiger partial charge in [-0.2, -0.15) is 0 Å². The van der Waals surface area contributed by atoms with Gasteiger partial charge in [0.15, 0.2) is 0 Å². The summed E-state index contributed by atoms with van der Waals surface area (Å²) in [7, 11) is 0. The second-order valence-corrected chi connectivity index (χ2v) is 5.32. The third kappa shape index (κ3) is 3.95. The molecule has 0 aliphatic heterocycles. The minimum absolute atomic E-state index is 0.0991. The molecule has 1 amide bonds. The van der Waals surface area contributed by atoms with Gasteiger partial charge in [0.1, 0.15) is 0 Å². The van der Waals surface area contributed by atoms with Crippen molar-refractivity contribution in [3.05, 3.63) is 64.7 Å². The minimum Gasteiger partial charge on any atom is -0.478 e. The summed E-state index contributed by atoms with van der Waals surface area (Å²) in [5.74, 6) is -1.24. The predicted molar refractivity (Wildman–Crippen MR) is 86.3 cm³/mol. The number of carboxylic acid groups (broad SMARTS) is 1. The molecule has 0 aromatic heterocycles. The van der Waals surface area contributed by atoms with E-state index in [4.69, 9.17) is 5.11 Å². The molecule has 22 heavy (non-hydrogen) atoms. The standard InChI is InChI=1S/C18H19NO3/c1-12-7-8-14(11-13(12)2)9-10-17(20)19-16-6-4-3-5-15(16)18(21)22/h3-8,11H,9-10H2,1-2H3,(H,19,20)(H,21,22). The zero-order valence-corrected chi connectivity index (χ0v) is 12.7. The number of nitrogens with one attached hydrogen (secondary N) is 1. The third-order valence-corrected chi connectivity index (χ3v) is 3.64. The summed E-state index contributed by atoms with van der Waals surface area (Å²) < 4.78 is 0. The Balaban J connectivity index is 1.99. The van der Waals surface area contributed by atoms with Gasteiger partial charge in [-0.15, -0.1) is 0 Å². The van der Waals surface area contributed by atoms with Gasteiger partial charge in [-0.05, 0) is 49.1 Å². The van der Waals surface area contributed by atoms with Gasteiger partial charge in [0.25, 0.3) is 0 Å². The lowest BCUT2D eigenvalue weighted by Gasteiger charge is -2.09. The van der Waals surface area contributed by atoms with Crippen molar-refractivity contribution in [2.24, 2.45) is 0 Å². The lowest BCUT2D eigenvalue weighted by atomic mass is 10.0. The molecule has 0 aliphatic carbocycles. The van der Waals surface area contributed by atoms with Crippen LogP contribution in [0.1, 0.15) is 33.5 Å². The number of benzene rings is 2. The van der Waals surface area contributed by atoms with E-state index in [1.807, 2.05) is 19.1 Å². The molecule has 0 spiro atoms. The van der Waals surface area contributed by atoms with Gasteiger partial charge in [-0.3, -0.25) is 4.79 Å². The maximum absolute atomic E-state index is 12.0. The molecule has 0 radical (unpaired) electrons. The van der Waals surface area contributed by atoms with Crippen molar-refractivity contribution in [2.45, 2.75) is 26.7 Å². The summed E-state index contributed by atoms with van der Waals surface area (Å²) in [6.45, 7) is 4.09. The Morgan fingerprint density at radius 3 is 2.45 bits per heavy atom. The van der Waals surface area contributed by atoms with Crippen LogP contribution in [0.5, 0.6) is 0 Å². The molecule has 0 unspecified atom stereocenters. The predicted octanol–water partition coefficient (Wildman–Crippen LogP) is 3.57. The van der Waals surface area contributed by atoms with E-state index in [-0.39, 0.29) is 11.5 Å². The monoisotopic (exact) mass is 297 g/mol. The van der Waals surface area contributed by atoms with E-state index in [0.29, 0.717) is 18.5 Å². The minimum atomic E-state index is -1.05. The van der Waals surface area contributed by atoms with Crippen molar-refractivity contribution in [3.63, 3.8) is 0 Å². The number of aryl methyl sites for hydroxylation is 3. The smallest absolute Gasteiger partial charge is 0.337 e. The highest BCUT2D eigenvalue weighted by atomic mass is 16.4. The highest BCUT2D eigenvalue weighted by Gasteiger charge is 2.11. The molecule has 2 rings (SSSR count). The number of amides is 1. The lowest BCUT2D eigenvalue weighted by Crippen LogP contribution is -2.15. The normalized spacial score (nSPS) is 10.3. The quantitative estimate of drug-likeness (QED) is 0.886. The fourth-order valence-electron chi connectivity index (χ4n) is 2.21. The first kappa shape index (κ1) is 15.8. The van der Waals surface area contributed by atoms with E-state index in [1.54, 1.807) is 18.2 Å². The Labute approximate surface area is 129 Å². The van der Waals surface area contributed by atoms with Crippen LogP contribution in [0, 0.1) is 13.8 Å². The van der Waals surface area contributed by atoms with Crippen LogP contribution in [-0.4, -0.2) is 17.0 Å². The third-order valence-electron chi connectivity index (χ3n) is 3.64. The van der Waals surface area contributed by atoms with E-state index in [2.05, 4.69) is 18.3 Å². The second-order valence-electron chi connectivity index (χ2n) is 5.32. The van der Waals surface area contributed by atoms with Crippen molar-refractivity contribution in [3.8, 4) is 0 Å². The zero-order chi connectivity index (χ0) is 16.1. The van der Waals surface area contributed by atoms with Crippen LogP contribution >= 0.6 is 0 Å². The highest BCUT2D eigenvalue weighted by Crippen LogP contribution is 2.16. The number of rotatable bonds is 5. The van der Waals surface area contributed by atoms with Crippen LogP contribution < -0.4 is 5.32 Å². The number of carbonyl (C=O) groups is 2. The van der Waals surface area contributed by atoms with E-state index < -0.39 is 5.97 Å². The largest absolute Gasteiger partial charge is 0.478 e. The van der Waals surface area contributed by atoms with Crippen LogP contribution in [0.4, 0.5) is 5.69 Å². The van der Waals surface area contributed by atoms with Crippen LogP contribution in [0.2, 0.25) is 0 Å². The molecule has 4 heteroatoms. The summed E-state index contributed by atoms with van der Waals surface area (Å²) in [5.41, 5.74) is 3.96. The van der Waals surface area contributed by atoms with Gasteiger partial charge in [0.05, 0.1) is 11.3 Å². The van der Waals surface area contributed by atoms with Gasteiger partial charge in [0.2, 0.25) is 5.91 Å². The average Bonchev–Trinajstić information content (AvgIpc) is 2.49. The molecule has 2 aromatic rings. The first-order valence-electron chi connectivity index (χ1n) is 7.15. The Bertz CT molecular complexity index is 707. The van der Waals surface area contributed by atoms with Gasteiger partial charge >= 0.3 is 5.97 Å². The maximum atomic E-state index is 12.0. The number of hydrogen-bond acceptors (Lipinski definition) is 2. The van der Waals surface area contributed by atoms with E-state index >= 15 is 0 Å². The molecule has 0 fully saturated rings. The molecule has 0 bridgehead atoms. The van der Waals surface area contributed by atoms with Crippen molar-refractivity contribution in [1.29, 1.82) is 0 Å². The molecule has 0 saturated carbocycles. The summed E-state index contributed by atoms with van der Waals surface area (Å²) in [4.78, 5) is 23.1. The number of para-hydroxylation sites is 1. The van der Waals surface area contributed by atoms with Crippen LogP contribution in [-0.2, 0) is 11.2 Å². The summed E-state index contributed by atoms with van der Waals surface area (Å²) >= 11 is 0. The zero-order valence-electron chi connectivity index (χ0n) is 12.7. The van der Waals surface area contributed by atoms with Crippen molar-refractivity contribution >= 4 is 17.6 Å². The molecule has 2 aromatic carbocycles. The molecular weight excluding hydrogens is 278 g/mol. The van der Waals surface area contributed by atoms with Crippen molar-refractivity contribution in [1.82, 2.24) is 0 Å². The first-order chi connectivity index (χ1) is 10.5. The van der Waals surface area contributed by atoms with Crippen LogP contribution in [0.3, 0.4) is 0 Å². The number of aromatic carboxylic acids is 1. The number of carbonyl (C=O) groups excluding carboxylic acids is 1. The molecule has 0 heterocycles. The molecule has 0 saturated heterocycles. The van der Waals surface area contributed by atoms with Crippen LogP contribution in [0.25, 0.3) is 0 Å².